The van der Waals surface area contributed by atoms with E-state index in [0.29, 0.717) is 47.6 Å². The molecule has 7 heteroatoms. The summed E-state index contributed by atoms with van der Waals surface area (Å²) in [5.74, 6) is 1.21. The Labute approximate surface area is 222 Å². The number of esters is 1. The third kappa shape index (κ3) is 5.72. The van der Waals surface area contributed by atoms with Crippen LogP contribution in [0.5, 0.6) is 5.75 Å². The molecule has 0 radical (unpaired) electrons. The van der Waals surface area contributed by atoms with Crippen LogP contribution in [-0.2, 0) is 9.53 Å². The number of rotatable bonds is 8. The molecule has 7 nitrogen and oxygen atoms in total. The SMILES string of the molecule is CCOC(=O)C[C@H]1CC[C@H](c2ccc(-c3ccc4nc(C(=O)Nc5ccccc5OC)cn4c3)cc2)CC1. The van der Waals surface area contributed by atoms with Gasteiger partial charge in [0.1, 0.15) is 17.1 Å². The van der Waals surface area contributed by atoms with Crippen LogP contribution in [-0.4, -0.2) is 35.0 Å². The molecule has 0 bridgehead atoms. The number of amides is 1. The molecule has 0 unspecified atom stereocenters. The van der Waals surface area contributed by atoms with E-state index in [1.54, 1.807) is 25.4 Å². The maximum Gasteiger partial charge on any atom is 0.306 e. The molecular formula is C31H33N3O4. The number of para-hydroxylation sites is 2. The minimum atomic E-state index is -0.291. The van der Waals surface area contributed by atoms with E-state index < -0.39 is 0 Å². The van der Waals surface area contributed by atoms with Crippen molar-refractivity contribution in [3.05, 3.63) is 84.3 Å². The highest BCUT2D eigenvalue weighted by Crippen LogP contribution is 2.37. The van der Waals surface area contributed by atoms with E-state index in [2.05, 4.69) is 34.6 Å². The summed E-state index contributed by atoms with van der Waals surface area (Å²) < 4.78 is 12.3. The summed E-state index contributed by atoms with van der Waals surface area (Å²) in [5.41, 5.74) is 5.15. The van der Waals surface area contributed by atoms with Crippen LogP contribution in [0.1, 0.15) is 61.0 Å². The Balaban J connectivity index is 1.24. The first-order valence-corrected chi connectivity index (χ1v) is 13.2. The summed E-state index contributed by atoms with van der Waals surface area (Å²) in [6.45, 7) is 2.31. The van der Waals surface area contributed by atoms with Crippen molar-refractivity contribution in [3.8, 4) is 16.9 Å². The van der Waals surface area contributed by atoms with Crippen LogP contribution in [0.25, 0.3) is 16.8 Å². The van der Waals surface area contributed by atoms with Gasteiger partial charge in [-0.25, -0.2) is 4.98 Å². The van der Waals surface area contributed by atoms with Gasteiger partial charge >= 0.3 is 5.97 Å². The fourth-order valence-corrected chi connectivity index (χ4v) is 5.31. The van der Waals surface area contributed by atoms with Gasteiger partial charge in [-0.15, -0.1) is 0 Å². The molecule has 0 saturated heterocycles. The number of ether oxygens (including phenoxy) is 2. The van der Waals surface area contributed by atoms with E-state index in [9.17, 15) is 9.59 Å². The fourth-order valence-electron chi connectivity index (χ4n) is 5.31. The number of fused-ring (bicyclic) bond motifs is 1. The normalized spacial score (nSPS) is 17.2. The van der Waals surface area contributed by atoms with Gasteiger partial charge in [-0.2, -0.15) is 0 Å². The Bertz CT molecular complexity index is 1420. The second kappa shape index (κ2) is 11.5. The Morgan fingerprint density at radius 1 is 0.947 bits per heavy atom. The van der Waals surface area contributed by atoms with Gasteiger partial charge in [0, 0.05) is 18.8 Å². The van der Waals surface area contributed by atoms with Gasteiger partial charge in [0.15, 0.2) is 0 Å². The Hall–Kier alpha value is -4.13. The maximum atomic E-state index is 12.8. The number of benzene rings is 2. The highest BCUT2D eigenvalue weighted by molar-refractivity contribution is 6.04. The fraction of sp³-hybridized carbons (Fsp3) is 0.323. The lowest BCUT2D eigenvalue weighted by atomic mass is 9.77. The third-order valence-corrected chi connectivity index (χ3v) is 7.36. The van der Waals surface area contributed by atoms with Gasteiger partial charge in [-0.05, 0) is 85.4 Å². The summed E-state index contributed by atoms with van der Waals surface area (Å²) in [6.07, 6.45) is 8.61. The minimum Gasteiger partial charge on any atom is -0.495 e. The zero-order valence-electron chi connectivity index (χ0n) is 21.9. The lowest BCUT2D eigenvalue weighted by Gasteiger charge is -2.28. The average Bonchev–Trinajstić information content (AvgIpc) is 3.38. The van der Waals surface area contributed by atoms with Crippen molar-refractivity contribution in [1.82, 2.24) is 9.38 Å². The van der Waals surface area contributed by atoms with Gasteiger partial charge < -0.3 is 19.2 Å². The Kier molecular flexibility index (Phi) is 7.73. The molecule has 5 rings (SSSR count). The van der Waals surface area contributed by atoms with Crippen molar-refractivity contribution in [3.63, 3.8) is 0 Å². The zero-order chi connectivity index (χ0) is 26.5. The number of anilines is 1. The molecule has 1 aliphatic carbocycles. The predicted octanol–water partition coefficient (Wildman–Crippen LogP) is 6.49. The predicted molar refractivity (Wildman–Crippen MR) is 148 cm³/mol. The van der Waals surface area contributed by atoms with Gasteiger partial charge in [-0.1, -0.05) is 36.4 Å². The molecule has 38 heavy (non-hydrogen) atoms. The summed E-state index contributed by atoms with van der Waals surface area (Å²) in [4.78, 5) is 29.1. The molecule has 0 atom stereocenters. The van der Waals surface area contributed by atoms with E-state index in [0.717, 1.165) is 36.8 Å². The van der Waals surface area contributed by atoms with Crippen molar-refractivity contribution in [2.24, 2.45) is 5.92 Å². The van der Waals surface area contributed by atoms with Gasteiger partial charge in [0.05, 0.1) is 19.4 Å². The van der Waals surface area contributed by atoms with Gasteiger partial charge in [0.25, 0.3) is 5.91 Å². The van der Waals surface area contributed by atoms with Gasteiger partial charge in [-0.3, -0.25) is 9.59 Å². The van der Waals surface area contributed by atoms with Gasteiger partial charge in [0.2, 0.25) is 0 Å². The third-order valence-electron chi connectivity index (χ3n) is 7.36. The minimum absolute atomic E-state index is 0.0701. The zero-order valence-corrected chi connectivity index (χ0v) is 21.9. The molecule has 1 N–H and O–H groups in total. The first-order valence-electron chi connectivity index (χ1n) is 13.2. The summed E-state index contributed by atoms with van der Waals surface area (Å²) in [5, 5.41) is 2.88. The van der Waals surface area contributed by atoms with Crippen LogP contribution in [0.15, 0.2) is 73.1 Å². The Morgan fingerprint density at radius 3 is 2.42 bits per heavy atom. The van der Waals surface area contributed by atoms with Crippen molar-refractivity contribution >= 4 is 23.2 Å². The van der Waals surface area contributed by atoms with Crippen LogP contribution < -0.4 is 10.1 Å². The quantitative estimate of drug-likeness (QED) is 0.274. The monoisotopic (exact) mass is 511 g/mol. The summed E-state index contributed by atoms with van der Waals surface area (Å²) in [7, 11) is 1.57. The van der Waals surface area contributed by atoms with E-state index in [1.807, 2.05) is 41.8 Å². The van der Waals surface area contributed by atoms with Crippen molar-refractivity contribution in [2.45, 2.75) is 44.9 Å². The first kappa shape index (κ1) is 25.5. The lowest BCUT2D eigenvalue weighted by molar-refractivity contribution is -0.144. The van der Waals surface area contributed by atoms with Crippen LogP contribution >= 0.6 is 0 Å². The lowest BCUT2D eigenvalue weighted by Crippen LogP contribution is -2.17. The van der Waals surface area contributed by atoms with Crippen LogP contribution in [0.4, 0.5) is 5.69 Å². The number of nitrogens with zero attached hydrogens (tertiary/aromatic N) is 2. The molecule has 1 saturated carbocycles. The second-order valence-corrected chi connectivity index (χ2v) is 9.81. The second-order valence-electron chi connectivity index (χ2n) is 9.81. The van der Waals surface area contributed by atoms with Crippen LogP contribution in [0.3, 0.4) is 0 Å². The molecule has 2 aromatic heterocycles. The number of pyridine rings is 1. The standard InChI is InChI=1S/C31H33N3O4/c1-3-38-30(35)18-21-8-10-22(11-9-21)23-12-14-24(15-13-23)25-16-17-29-32-27(20-34(29)19-25)31(36)33-26-6-4-5-7-28(26)37-2/h4-7,12-17,19-22H,3,8-11,18H2,1-2H3,(H,33,36)/t21-,22-. The van der Waals surface area contributed by atoms with E-state index >= 15 is 0 Å². The number of methoxy groups -OCH3 is 1. The molecule has 0 spiro atoms. The molecular weight excluding hydrogens is 478 g/mol. The molecule has 1 fully saturated rings. The Morgan fingerprint density at radius 2 is 1.68 bits per heavy atom. The average molecular weight is 512 g/mol. The molecule has 2 aromatic carbocycles. The number of nitrogens with one attached hydrogen (secondary N) is 1. The molecule has 0 aliphatic heterocycles. The van der Waals surface area contributed by atoms with E-state index in [4.69, 9.17) is 9.47 Å². The number of aromatic nitrogens is 2. The summed E-state index contributed by atoms with van der Waals surface area (Å²) >= 11 is 0. The summed E-state index contributed by atoms with van der Waals surface area (Å²) in [6, 6.07) is 20.0. The number of carbonyl (C=O) groups excluding carboxylic acids is 2. The molecule has 1 amide bonds. The largest absolute Gasteiger partial charge is 0.495 e. The topological polar surface area (TPSA) is 81.9 Å². The first-order chi connectivity index (χ1) is 18.5. The van der Waals surface area contributed by atoms with Crippen molar-refractivity contribution < 1.29 is 19.1 Å². The number of imidazole rings is 1. The van der Waals surface area contributed by atoms with E-state index in [1.165, 1.54) is 5.56 Å². The number of hydrogen-bond donors (Lipinski definition) is 1. The highest BCUT2D eigenvalue weighted by atomic mass is 16.5. The molecule has 4 aromatic rings. The number of hydrogen-bond acceptors (Lipinski definition) is 5. The van der Waals surface area contributed by atoms with Crippen LogP contribution in [0, 0.1) is 5.92 Å². The maximum absolute atomic E-state index is 12.8. The number of carbonyl (C=O) groups is 2. The smallest absolute Gasteiger partial charge is 0.306 e. The molecule has 196 valence electrons. The molecule has 2 heterocycles. The van der Waals surface area contributed by atoms with Crippen LogP contribution in [0.2, 0.25) is 0 Å². The molecule has 1 aliphatic rings. The van der Waals surface area contributed by atoms with Crippen molar-refractivity contribution in [1.29, 1.82) is 0 Å². The highest BCUT2D eigenvalue weighted by Gasteiger charge is 2.24. The van der Waals surface area contributed by atoms with Crippen molar-refractivity contribution in [2.75, 3.05) is 19.0 Å². The van der Waals surface area contributed by atoms with E-state index in [-0.39, 0.29) is 11.9 Å².